The summed E-state index contributed by atoms with van der Waals surface area (Å²) in [6.07, 6.45) is 3.72. The van der Waals surface area contributed by atoms with Crippen molar-refractivity contribution in [2.75, 3.05) is 5.32 Å². The number of nitro benzene ring substituents is 1. The second-order valence-electron chi connectivity index (χ2n) is 3.98. The Labute approximate surface area is 118 Å². The van der Waals surface area contributed by atoms with E-state index in [2.05, 4.69) is 26.3 Å². The van der Waals surface area contributed by atoms with Crippen molar-refractivity contribution >= 4 is 27.3 Å². The van der Waals surface area contributed by atoms with Crippen molar-refractivity contribution in [2.45, 2.75) is 20.0 Å². The number of nitrogens with one attached hydrogen (secondary N) is 1. The summed E-state index contributed by atoms with van der Waals surface area (Å²) in [5.74, 6) is 0. The van der Waals surface area contributed by atoms with Crippen LogP contribution in [-0.4, -0.2) is 14.7 Å². The van der Waals surface area contributed by atoms with E-state index in [4.69, 9.17) is 0 Å². The van der Waals surface area contributed by atoms with Gasteiger partial charge in [0.15, 0.2) is 0 Å². The molecule has 2 rings (SSSR count). The van der Waals surface area contributed by atoms with Crippen molar-refractivity contribution in [3.63, 3.8) is 0 Å². The van der Waals surface area contributed by atoms with Crippen LogP contribution in [0, 0.1) is 10.1 Å². The normalized spacial score (nSPS) is 10.4. The first-order valence-electron chi connectivity index (χ1n) is 5.79. The van der Waals surface area contributed by atoms with Gasteiger partial charge in [0.05, 0.1) is 16.8 Å². The first-order chi connectivity index (χ1) is 9.10. The molecule has 0 aliphatic rings. The smallest absolute Gasteiger partial charge is 0.271 e. The van der Waals surface area contributed by atoms with Gasteiger partial charge in [-0.2, -0.15) is 5.10 Å². The number of aromatic nitrogens is 2. The van der Waals surface area contributed by atoms with E-state index in [1.54, 1.807) is 12.3 Å². The molecule has 1 heterocycles. The molecule has 1 N–H and O–H groups in total. The third-order valence-corrected chi connectivity index (χ3v) is 3.35. The number of anilines is 1. The molecule has 0 unspecified atom stereocenters. The van der Waals surface area contributed by atoms with E-state index < -0.39 is 4.92 Å². The van der Waals surface area contributed by atoms with Crippen LogP contribution in [-0.2, 0) is 13.1 Å². The Balaban J connectivity index is 2.10. The molecule has 1 aromatic heterocycles. The number of benzene rings is 1. The summed E-state index contributed by atoms with van der Waals surface area (Å²) in [5.41, 5.74) is 1.79. The highest BCUT2D eigenvalue weighted by Crippen LogP contribution is 2.27. The summed E-state index contributed by atoms with van der Waals surface area (Å²) >= 11 is 3.37. The van der Waals surface area contributed by atoms with Crippen LogP contribution in [0.1, 0.15) is 12.5 Å². The van der Waals surface area contributed by atoms with Gasteiger partial charge >= 0.3 is 0 Å². The molecule has 0 spiro atoms. The molecule has 100 valence electrons. The summed E-state index contributed by atoms with van der Waals surface area (Å²) in [7, 11) is 0. The SMILES string of the molecule is CCn1cc(CNc2cc([N+](=O)[O-])ccc2Br)cn1. The number of nitro groups is 1. The zero-order chi connectivity index (χ0) is 13.8. The van der Waals surface area contributed by atoms with Crippen LogP contribution < -0.4 is 5.32 Å². The molecule has 1 aromatic carbocycles. The average Bonchev–Trinajstić information content (AvgIpc) is 2.85. The van der Waals surface area contributed by atoms with E-state index in [0.717, 1.165) is 16.6 Å². The first-order valence-corrected chi connectivity index (χ1v) is 6.58. The largest absolute Gasteiger partial charge is 0.380 e. The highest BCUT2D eigenvalue weighted by molar-refractivity contribution is 9.10. The number of halogens is 1. The Morgan fingerprint density at radius 2 is 2.32 bits per heavy atom. The molecule has 7 heteroatoms. The predicted octanol–water partition coefficient (Wildman–Crippen LogP) is 3.19. The van der Waals surface area contributed by atoms with Crippen molar-refractivity contribution in [1.82, 2.24) is 9.78 Å². The zero-order valence-corrected chi connectivity index (χ0v) is 11.9. The molecule has 0 radical (unpaired) electrons. The summed E-state index contributed by atoms with van der Waals surface area (Å²) in [5, 5.41) is 18.1. The lowest BCUT2D eigenvalue weighted by Crippen LogP contribution is -2.00. The van der Waals surface area contributed by atoms with Gasteiger partial charge in [-0.3, -0.25) is 14.8 Å². The number of rotatable bonds is 5. The lowest BCUT2D eigenvalue weighted by atomic mass is 10.2. The second kappa shape index (κ2) is 5.83. The fourth-order valence-corrected chi connectivity index (χ4v) is 2.02. The fraction of sp³-hybridized carbons (Fsp3) is 0.250. The topological polar surface area (TPSA) is 73.0 Å². The molecule has 0 aliphatic carbocycles. The Kier molecular flexibility index (Phi) is 4.16. The molecule has 6 nitrogen and oxygen atoms in total. The molecule has 0 aliphatic heterocycles. The molecule has 0 saturated carbocycles. The fourth-order valence-electron chi connectivity index (χ4n) is 1.63. The van der Waals surface area contributed by atoms with Crippen LogP contribution in [0.2, 0.25) is 0 Å². The van der Waals surface area contributed by atoms with E-state index in [9.17, 15) is 10.1 Å². The van der Waals surface area contributed by atoms with Gasteiger partial charge in [0.25, 0.3) is 5.69 Å². The third-order valence-electron chi connectivity index (χ3n) is 2.65. The van der Waals surface area contributed by atoms with Crippen molar-refractivity contribution < 1.29 is 4.92 Å². The van der Waals surface area contributed by atoms with Crippen molar-refractivity contribution in [3.8, 4) is 0 Å². The molecular weight excluding hydrogens is 312 g/mol. The van der Waals surface area contributed by atoms with Gasteiger partial charge in [-0.05, 0) is 28.9 Å². The molecule has 0 saturated heterocycles. The maximum Gasteiger partial charge on any atom is 0.271 e. The van der Waals surface area contributed by atoms with Gasteiger partial charge in [0.2, 0.25) is 0 Å². The quantitative estimate of drug-likeness (QED) is 0.677. The van der Waals surface area contributed by atoms with Crippen LogP contribution >= 0.6 is 15.9 Å². The minimum atomic E-state index is -0.410. The van der Waals surface area contributed by atoms with Gasteiger partial charge in [-0.25, -0.2) is 0 Å². The monoisotopic (exact) mass is 324 g/mol. The molecule has 19 heavy (non-hydrogen) atoms. The minimum Gasteiger partial charge on any atom is -0.380 e. The Bertz CT molecular complexity index is 597. The van der Waals surface area contributed by atoms with Crippen LogP contribution in [0.15, 0.2) is 35.1 Å². The van der Waals surface area contributed by atoms with Gasteiger partial charge in [-0.1, -0.05) is 0 Å². The van der Waals surface area contributed by atoms with E-state index in [1.165, 1.54) is 12.1 Å². The molecular formula is C12H13BrN4O2. The summed E-state index contributed by atoms with van der Waals surface area (Å²) < 4.78 is 2.63. The van der Waals surface area contributed by atoms with E-state index >= 15 is 0 Å². The maximum atomic E-state index is 10.7. The highest BCUT2D eigenvalue weighted by Gasteiger charge is 2.09. The van der Waals surface area contributed by atoms with Crippen LogP contribution in [0.3, 0.4) is 0 Å². The molecule has 0 bridgehead atoms. The van der Waals surface area contributed by atoms with Crippen molar-refractivity contribution in [2.24, 2.45) is 0 Å². The third kappa shape index (κ3) is 3.31. The zero-order valence-electron chi connectivity index (χ0n) is 10.3. The standard InChI is InChI=1S/C12H13BrN4O2/c1-2-16-8-9(7-15-16)6-14-12-5-10(17(18)19)3-4-11(12)13/h3-5,7-8,14H,2,6H2,1H3. The number of non-ortho nitro benzene ring substituents is 1. The second-order valence-corrected chi connectivity index (χ2v) is 4.83. The van der Waals surface area contributed by atoms with Gasteiger partial charge in [0.1, 0.15) is 0 Å². The van der Waals surface area contributed by atoms with Crippen LogP contribution in [0.25, 0.3) is 0 Å². The Morgan fingerprint density at radius 3 is 2.95 bits per heavy atom. The average molecular weight is 325 g/mol. The van der Waals surface area contributed by atoms with E-state index in [-0.39, 0.29) is 5.69 Å². The van der Waals surface area contributed by atoms with Crippen LogP contribution in [0.4, 0.5) is 11.4 Å². The number of nitrogens with zero attached hydrogens (tertiary/aromatic N) is 3. The minimum absolute atomic E-state index is 0.0648. The van der Waals surface area contributed by atoms with Gasteiger partial charge < -0.3 is 5.32 Å². The maximum absolute atomic E-state index is 10.7. The Hall–Kier alpha value is -1.89. The Morgan fingerprint density at radius 1 is 1.53 bits per heavy atom. The van der Waals surface area contributed by atoms with Crippen molar-refractivity contribution in [3.05, 3.63) is 50.7 Å². The van der Waals surface area contributed by atoms with E-state index in [1.807, 2.05) is 17.8 Å². The molecule has 0 amide bonds. The lowest BCUT2D eigenvalue weighted by molar-refractivity contribution is -0.384. The molecule has 2 aromatic rings. The number of aryl methyl sites for hydroxylation is 1. The summed E-state index contributed by atoms with van der Waals surface area (Å²) in [6.45, 7) is 3.40. The number of hydrogen-bond donors (Lipinski definition) is 1. The summed E-state index contributed by atoms with van der Waals surface area (Å²) in [6, 6.07) is 4.63. The van der Waals surface area contributed by atoms with Gasteiger partial charge in [-0.15, -0.1) is 0 Å². The van der Waals surface area contributed by atoms with Crippen molar-refractivity contribution in [1.29, 1.82) is 0 Å². The lowest BCUT2D eigenvalue weighted by Gasteiger charge is -2.07. The van der Waals surface area contributed by atoms with E-state index in [0.29, 0.717) is 12.2 Å². The first kappa shape index (κ1) is 13.5. The number of hydrogen-bond acceptors (Lipinski definition) is 4. The highest BCUT2D eigenvalue weighted by atomic mass is 79.9. The summed E-state index contributed by atoms with van der Waals surface area (Å²) in [4.78, 5) is 10.3. The molecule has 0 atom stereocenters. The predicted molar refractivity (Wildman–Crippen MR) is 76.0 cm³/mol. The van der Waals surface area contributed by atoms with Crippen LogP contribution in [0.5, 0.6) is 0 Å². The molecule has 0 fully saturated rings. The van der Waals surface area contributed by atoms with Gasteiger partial charge in [0, 0.05) is 41.5 Å².